The molecule has 0 bridgehead atoms. The highest BCUT2D eigenvalue weighted by Gasteiger charge is 2.13. The van der Waals surface area contributed by atoms with Crippen LogP contribution < -0.4 is 14.8 Å². The van der Waals surface area contributed by atoms with E-state index in [0.717, 1.165) is 5.56 Å². The molecule has 7 nitrogen and oxygen atoms in total. The summed E-state index contributed by atoms with van der Waals surface area (Å²) in [4.78, 5) is 16.3. The molecule has 25 heavy (non-hydrogen) atoms. The van der Waals surface area contributed by atoms with E-state index in [1.807, 2.05) is 19.1 Å². The van der Waals surface area contributed by atoms with Gasteiger partial charge in [-0.05, 0) is 31.2 Å². The number of carbonyl (C=O) groups is 1. The molecule has 8 heteroatoms. The van der Waals surface area contributed by atoms with Gasteiger partial charge in [-0.2, -0.15) is 0 Å². The highest BCUT2D eigenvalue weighted by atomic mass is 32.1. The van der Waals surface area contributed by atoms with Crippen molar-refractivity contribution in [3.05, 3.63) is 59.4 Å². The maximum absolute atomic E-state index is 12.3. The quantitative estimate of drug-likeness (QED) is 0.700. The van der Waals surface area contributed by atoms with E-state index in [1.165, 1.54) is 11.3 Å². The minimum atomic E-state index is -0.281. The molecule has 1 amide bonds. The summed E-state index contributed by atoms with van der Waals surface area (Å²) in [6, 6.07) is 8.83. The van der Waals surface area contributed by atoms with Crippen LogP contribution in [0.4, 0.5) is 5.13 Å². The van der Waals surface area contributed by atoms with Crippen molar-refractivity contribution < 1.29 is 14.3 Å². The van der Waals surface area contributed by atoms with Crippen LogP contribution in [0.3, 0.4) is 0 Å². The first-order valence-corrected chi connectivity index (χ1v) is 8.50. The van der Waals surface area contributed by atoms with E-state index in [4.69, 9.17) is 9.47 Å². The first kappa shape index (κ1) is 16.8. The van der Waals surface area contributed by atoms with Gasteiger partial charge in [-0.1, -0.05) is 17.4 Å². The Labute approximate surface area is 148 Å². The van der Waals surface area contributed by atoms with Crippen molar-refractivity contribution in [1.29, 1.82) is 0 Å². The normalized spacial score (nSPS) is 10.3. The molecule has 128 valence electrons. The number of nitrogens with zero attached hydrogens (tertiary/aromatic N) is 3. The van der Waals surface area contributed by atoms with Crippen molar-refractivity contribution in [2.45, 2.75) is 13.5 Å². The van der Waals surface area contributed by atoms with Gasteiger partial charge in [-0.15, -0.1) is 10.2 Å². The molecule has 0 saturated heterocycles. The number of ether oxygens (including phenoxy) is 2. The molecule has 2 heterocycles. The lowest BCUT2D eigenvalue weighted by Crippen LogP contribution is -2.12. The van der Waals surface area contributed by atoms with Gasteiger partial charge in [0.05, 0.1) is 6.61 Å². The maximum Gasteiger partial charge on any atom is 0.257 e. The topological polar surface area (TPSA) is 86.2 Å². The van der Waals surface area contributed by atoms with Crippen molar-refractivity contribution in [3.63, 3.8) is 0 Å². The summed E-state index contributed by atoms with van der Waals surface area (Å²) in [6.45, 7) is 2.70. The smallest absolute Gasteiger partial charge is 0.257 e. The lowest BCUT2D eigenvalue weighted by atomic mass is 10.2. The van der Waals surface area contributed by atoms with Crippen molar-refractivity contribution in [2.75, 3.05) is 11.9 Å². The zero-order chi connectivity index (χ0) is 17.5. The fourth-order valence-electron chi connectivity index (χ4n) is 2.08. The number of hydrogen-bond donors (Lipinski definition) is 1. The summed E-state index contributed by atoms with van der Waals surface area (Å²) in [6.07, 6.45) is 3.45. The minimum absolute atomic E-state index is 0.281. The van der Waals surface area contributed by atoms with Crippen LogP contribution in [0.2, 0.25) is 0 Å². The minimum Gasteiger partial charge on any atom is -0.490 e. The van der Waals surface area contributed by atoms with Gasteiger partial charge in [0, 0.05) is 23.5 Å². The molecule has 1 aromatic carbocycles. The van der Waals surface area contributed by atoms with Gasteiger partial charge in [0.15, 0.2) is 11.5 Å². The number of nitrogens with one attached hydrogen (secondary N) is 1. The van der Waals surface area contributed by atoms with E-state index in [1.54, 1.807) is 36.1 Å². The van der Waals surface area contributed by atoms with E-state index in [2.05, 4.69) is 20.5 Å². The summed E-state index contributed by atoms with van der Waals surface area (Å²) in [5.74, 6) is 0.797. The number of pyridine rings is 1. The Morgan fingerprint density at radius 2 is 2.16 bits per heavy atom. The first-order chi connectivity index (χ1) is 12.3. The van der Waals surface area contributed by atoms with Gasteiger partial charge in [-0.3, -0.25) is 15.1 Å². The van der Waals surface area contributed by atoms with Crippen LogP contribution in [0, 0.1) is 0 Å². The van der Waals surface area contributed by atoms with E-state index in [-0.39, 0.29) is 5.91 Å². The third kappa shape index (κ3) is 4.51. The van der Waals surface area contributed by atoms with Crippen LogP contribution >= 0.6 is 11.3 Å². The largest absolute Gasteiger partial charge is 0.490 e. The molecule has 0 radical (unpaired) electrons. The zero-order valence-corrected chi connectivity index (χ0v) is 14.3. The van der Waals surface area contributed by atoms with Gasteiger partial charge in [-0.25, -0.2) is 0 Å². The third-order valence-corrected chi connectivity index (χ3v) is 3.81. The SMILES string of the molecule is CCOc1cc(C(=O)Nc2nncs2)ccc1OCc1cccnc1. The van der Waals surface area contributed by atoms with Crippen LogP contribution in [0.5, 0.6) is 11.5 Å². The molecule has 3 aromatic rings. The Morgan fingerprint density at radius 3 is 2.88 bits per heavy atom. The van der Waals surface area contributed by atoms with E-state index < -0.39 is 0 Å². The molecular weight excluding hydrogens is 340 g/mol. The lowest BCUT2D eigenvalue weighted by molar-refractivity contribution is 0.102. The number of rotatable bonds is 7. The predicted molar refractivity (Wildman–Crippen MR) is 94.0 cm³/mol. The van der Waals surface area contributed by atoms with Crippen molar-refractivity contribution in [1.82, 2.24) is 15.2 Å². The second-order valence-corrected chi connectivity index (χ2v) is 5.78. The number of aromatic nitrogens is 3. The molecule has 0 aliphatic rings. The van der Waals surface area contributed by atoms with Gasteiger partial charge in [0.1, 0.15) is 12.1 Å². The predicted octanol–water partition coefficient (Wildman–Crippen LogP) is 3.16. The third-order valence-electron chi connectivity index (χ3n) is 3.20. The Kier molecular flexibility index (Phi) is 5.53. The maximum atomic E-state index is 12.3. The summed E-state index contributed by atoms with van der Waals surface area (Å²) in [7, 11) is 0. The van der Waals surface area contributed by atoms with Crippen LogP contribution in [0.15, 0.2) is 48.2 Å². The van der Waals surface area contributed by atoms with Gasteiger partial charge < -0.3 is 9.47 Å². The van der Waals surface area contributed by atoms with Crippen molar-refractivity contribution >= 4 is 22.4 Å². The molecule has 0 aliphatic heterocycles. The number of hydrogen-bond acceptors (Lipinski definition) is 7. The van der Waals surface area contributed by atoms with E-state index in [0.29, 0.717) is 35.4 Å². The van der Waals surface area contributed by atoms with Crippen LogP contribution in [0.25, 0.3) is 0 Å². The summed E-state index contributed by atoms with van der Waals surface area (Å²) in [5, 5.41) is 10.6. The molecule has 0 unspecified atom stereocenters. The van der Waals surface area contributed by atoms with Crippen LogP contribution in [0.1, 0.15) is 22.8 Å². The highest BCUT2D eigenvalue weighted by molar-refractivity contribution is 7.13. The molecule has 0 saturated carbocycles. The van der Waals surface area contributed by atoms with Crippen LogP contribution in [-0.4, -0.2) is 27.7 Å². The molecule has 0 spiro atoms. The zero-order valence-electron chi connectivity index (χ0n) is 13.5. The van der Waals surface area contributed by atoms with Gasteiger partial charge >= 0.3 is 0 Å². The molecule has 1 N–H and O–H groups in total. The highest BCUT2D eigenvalue weighted by Crippen LogP contribution is 2.29. The molecule has 2 aromatic heterocycles. The summed E-state index contributed by atoms with van der Waals surface area (Å²) < 4.78 is 11.4. The summed E-state index contributed by atoms with van der Waals surface area (Å²) >= 11 is 1.25. The molecule has 0 aliphatic carbocycles. The van der Waals surface area contributed by atoms with E-state index in [9.17, 15) is 4.79 Å². The Balaban J connectivity index is 1.74. The first-order valence-electron chi connectivity index (χ1n) is 7.62. The average Bonchev–Trinajstić information content (AvgIpc) is 3.14. The Morgan fingerprint density at radius 1 is 1.24 bits per heavy atom. The monoisotopic (exact) mass is 356 g/mol. The number of benzene rings is 1. The second kappa shape index (κ2) is 8.20. The fourth-order valence-corrected chi connectivity index (χ4v) is 2.52. The second-order valence-electron chi connectivity index (χ2n) is 4.94. The summed E-state index contributed by atoms with van der Waals surface area (Å²) in [5.41, 5.74) is 2.95. The number of carbonyl (C=O) groups excluding carboxylic acids is 1. The molecule has 0 atom stereocenters. The van der Waals surface area contributed by atoms with Gasteiger partial charge in [0.25, 0.3) is 5.91 Å². The number of amides is 1. The molecule has 3 rings (SSSR count). The molecular formula is C17H16N4O3S. The Bertz CT molecular complexity index is 825. The standard InChI is InChI=1S/C17H16N4O3S/c1-2-23-15-8-13(16(22)20-17-21-19-11-25-17)5-6-14(15)24-10-12-4-3-7-18-9-12/h3-9,11H,2,10H2,1H3,(H,20,21,22). The van der Waals surface area contributed by atoms with Crippen molar-refractivity contribution in [3.8, 4) is 11.5 Å². The average molecular weight is 356 g/mol. The number of anilines is 1. The van der Waals surface area contributed by atoms with Crippen molar-refractivity contribution in [2.24, 2.45) is 0 Å². The molecule has 0 fully saturated rings. The van der Waals surface area contributed by atoms with E-state index >= 15 is 0 Å². The Hall–Kier alpha value is -3.00. The fraction of sp³-hybridized carbons (Fsp3) is 0.176. The van der Waals surface area contributed by atoms with Gasteiger partial charge in [0.2, 0.25) is 5.13 Å². The van der Waals surface area contributed by atoms with Crippen LogP contribution in [-0.2, 0) is 6.61 Å². The lowest BCUT2D eigenvalue weighted by Gasteiger charge is -2.13.